The Morgan fingerprint density at radius 1 is 1.42 bits per heavy atom. The molecule has 0 spiro atoms. The first-order valence-electron chi connectivity index (χ1n) is 6.12. The number of allylic oxidation sites excluding steroid dienone is 2. The summed E-state index contributed by atoms with van der Waals surface area (Å²) in [4.78, 5) is 0.144. The number of nitrogens with one attached hydrogen (secondary N) is 1. The van der Waals surface area contributed by atoms with Crippen LogP contribution < -0.4 is 5.32 Å². The Kier molecular flexibility index (Phi) is 3.11. The van der Waals surface area contributed by atoms with E-state index in [1.165, 1.54) is 6.07 Å². The maximum Gasteiger partial charge on any atom is 0.286 e. The molecule has 0 bridgehead atoms. The molecule has 4 nitrogen and oxygen atoms in total. The Morgan fingerprint density at radius 3 is 3.00 bits per heavy atom. The van der Waals surface area contributed by atoms with Gasteiger partial charge in [0.15, 0.2) is 0 Å². The predicted octanol–water partition coefficient (Wildman–Crippen LogP) is 3.21. The average molecular weight is 297 g/mol. The zero-order chi connectivity index (χ0) is 13.5. The lowest BCUT2D eigenvalue weighted by Gasteiger charge is -2.19. The third kappa shape index (κ3) is 2.53. The number of hydrogen-bond donors (Lipinski definition) is 1. The summed E-state index contributed by atoms with van der Waals surface area (Å²) in [5, 5.41) is 3.48. The topological polar surface area (TPSA) is 58.5 Å². The first-order chi connectivity index (χ1) is 9.04. The second kappa shape index (κ2) is 4.65. The van der Waals surface area contributed by atoms with Crippen molar-refractivity contribution in [1.82, 2.24) is 0 Å². The summed E-state index contributed by atoms with van der Waals surface area (Å²) in [5.74, 6) is 0.877. The second-order valence-electron chi connectivity index (χ2n) is 4.75. The standard InChI is InChI=1S/C13H13ClN2O2S/c14-10-5-6-11-12(8-10)19(17,18)16-13(15-11)7-9-3-1-2-4-9/h1,3,5-6,8-9H,2,4,7H2,(H,15,16)/t9-/m1/s1. The van der Waals surface area contributed by atoms with Crippen molar-refractivity contribution < 1.29 is 8.42 Å². The molecule has 1 N–H and O–H groups in total. The van der Waals surface area contributed by atoms with Crippen LogP contribution in [0, 0.1) is 5.92 Å². The monoisotopic (exact) mass is 296 g/mol. The van der Waals surface area contributed by atoms with E-state index in [-0.39, 0.29) is 4.90 Å². The molecule has 0 unspecified atom stereocenters. The minimum atomic E-state index is -3.64. The zero-order valence-corrected chi connectivity index (χ0v) is 11.7. The van der Waals surface area contributed by atoms with Crippen LogP contribution in [0.25, 0.3) is 0 Å². The molecule has 0 saturated heterocycles. The van der Waals surface area contributed by atoms with Crippen molar-refractivity contribution in [3.63, 3.8) is 0 Å². The largest absolute Gasteiger partial charge is 0.342 e. The molecular weight excluding hydrogens is 284 g/mol. The van der Waals surface area contributed by atoms with E-state index in [1.807, 2.05) is 0 Å². The molecule has 0 radical (unpaired) electrons. The number of nitrogens with zero attached hydrogens (tertiary/aromatic N) is 1. The molecule has 1 heterocycles. The number of fused-ring (bicyclic) bond motifs is 1. The van der Waals surface area contributed by atoms with E-state index in [9.17, 15) is 8.42 Å². The van der Waals surface area contributed by atoms with Gasteiger partial charge in [-0.1, -0.05) is 23.8 Å². The van der Waals surface area contributed by atoms with Gasteiger partial charge in [-0.25, -0.2) is 0 Å². The van der Waals surface area contributed by atoms with Crippen molar-refractivity contribution in [2.45, 2.75) is 24.2 Å². The summed E-state index contributed by atoms with van der Waals surface area (Å²) in [6.45, 7) is 0. The maximum absolute atomic E-state index is 12.1. The Labute approximate surface area is 117 Å². The fraction of sp³-hybridized carbons (Fsp3) is 0.308. The number of hydrogen-bond acceptors (Lipinski definition) is 3. The summed E-state index contributed by atoms with van der Waals surface area (Å²) in [6.07, 6.45) is 6.97. The maximum atomic E-state index is 12.1. The van der Waals surface area contributed by atoms with E-state index in [4.69, 9.17) is 11.6 Å². The average Bonchev–Trinajstić information content (AvgIpc) is 2.82. The fourth-order valence-electron chi connectivity index (χ4n) is 2.39. The number of anilines is 1. The summed E-state index contributed by atoms with van der Waals surface area (Å²) in [6, 6.07) is 4.77. The molecule has 0 saturated carbocycles. The van der Waals surface area contributed by atoms with Crippen LogP contribution in [0.5, 0.6) is 0 Å². The van der Waals surface area contributed by atoms with Crippen molar-refractivity contribution in [3.8, 4) is 0 Å². The highest BCUT2D eigenvalue weighted by Gasteiger charge is 2.26. The Bertz CT molecular complexity index is 680. The van der Waals surface area contributed by atoms with Gasteiger partial charge in [0, 0.05) is 11.4 Å². The molecule has 1 aliphatic heterocycles. The molecule has 1 aromatic carbocycles. The molecule has 19 heavy (non-hydrogen) atoms. The van der Waals surface area contributed by atoms with Gasteiger partial charge >= 0.3 is 0 Å². The lowest BCUT2D eigenvalue weighted by atomic mass is 10.0. The van der Waals surface area contributed by atoms with Crippen LogP contribution in [-0.4, -0.2) is 14.3 Å². The molecule has 0 aromatic heterocycles. The summed E-state index contributed by atoms with van der Waals surface area (Å²) in [5.41, 5.74) is 0.552. The van der Waals surface area contributed by atoms with Crippen LogP contribution in [0.1, 0.15) is 19.3 Å². The van der Waals surface area contributed by atoms with Gasteiger partial charge in [-0.15, -0.1) is 4.40 Å². The molecule has 1 atom stereocenters. The van der Waals surface area contributed by atoms with E-state index in [1.54, 1.807) is 12.1 Å². The normalized spacial score (nSPS) is 23.6. The van der Waals surface area contributed by atoms with Crippen LogP contribution >= 0.6 is 11.6 Å². The van der Waals surface area contributed by atoms with E-state index < -0.39 is 10.0 Å². The highest BCUT2D eigenvalue weighted by atomic mass is 35.5. The number of rotatable bonds is 2. The van der Waals surface area contributed by atoms with Gasteiger partial charge in [0.2, 0.25) is 0 Å². The smallest absolute Gasteiger partial charge is 0.286 e. The lowest BCUT2D eigenvalue weighted by Crippen LogP contribution is -2.23. The number of halogens is 1. The molecule has 100 valence electrons. The summed E-state index contributed by atoms with van der Waals surface area (Å²) >= 11 is 5.83. The van der Waals surface area contributed by atoms with Gasteiger partial charge in [-0.3, -0.25) is 0 Å². The van der Waals surface area contributed by atoms with Crippen molar-refractivity contribution in [2.24, 2.45) is 10.3 Å². The molecule has 1 aliphatic carbocycles. The molecule has 0 amide bonds. The van der Waals surface area contributed by atoms with Gasteiger partial charge in [-0.2, -0.15) is 8.42 Å². The summed E-state index contributed by atoms with van der Waals surface area (Å²) < 4.78 is 28.1. The highest BCUT2D eigenvalue weighted by molar-refractivity contribution is 7.90. The number of benzene rings is 1. The molecule has 3 rings (SSSR count). The SMILES string of the molecule is O=S1(=O)N=C(C[C@@H]2C=CCC2)Nc2ccc(Cl)cc21. The van der Waals surface area contributed by atoms with E-state index in [0.717, 1.165) is 12.8 Å². The third-order valence-electron chi connectivity index (χ3n) is 3.30. The first kappa shape index (κ1) is 12.7. The van der Waals surface area contributed by atoms with Crippen LogP contribution in [0.15, 0.2) is 39.6 Å². The zero-order valence-electron chi connectivity index (χ0n) is 10.1. The highest BCUT2D eigenvalue weighted by Crippen LogP contribution is 2.31. The minimum absolute atomic E-state index is 0.144. The molecule has 6 heteroatoms. The van der Waals surface area contributed by atoms with E-state index in [2.05, 4.69) is 21.9 Å². The van der Waals surface area contributed by atoms with Crippen molar-refractivity contribution in [1.29, 1.82) is 0 Å². The van der Waals surface area contributed by atoms with Gasteiger partial charge in [-0.05, 0) is 37.0 Å². The lowest BCUT2D eigenvalue weighted by molar-refractivity contribution is 0.596. The molecular formula is C13H13ClN2O2S. The fourth-order valence-corrected chi connectivity index (χ4v) is 3.81. The quantitative estimate of drug-likeness (QED) is 0.853. The predicted molar refractivity (Wildman–Crippen MR) is 76.2 cm³/mol. The minimum Gasteiger partial charge on any atom is -0.342 e. The van der Waals surface area contributed by atoms with Crippen LogP contribution in [0.3, 0.4) is 0 Å². The molecule has 1 aromatic rings. The number of sulfonamides is 1. The van der Waals surface area contributed by atoms with E-state index in [0.29, 0.717) is 28.9 Å². The van der Waals surface area contributed by atoms with Crippen molar-refractivity contribution in [2.75, 3.05) is 5.32 Å². The third-order valence-corrected chi connectivity index (χ3v) is 4.89. The Balaban J connectivity index is 1.93. The molecule has 0 fully saturated rings. The molecule has 2 aliphatic rings. The van der Waals surface area contributed by atoms with Gasteiger partial charge in [0.25, 0.3) is 10.0 Å². The first-order valence-corrected chi connectivity index (χ1v) is 7.93. The van der Waals surface area contributed by atoms with Gasteiger partial charge < -0.3 is 5.32 Å². The van der Waals surface area contributed by atoms with Gasteiger partial charge in [0.05, 0.1) is 5.69 Å². The number of amidine groups is 1. The summed E-state index contributed by atoms with van der Waals surface area (Å²) in [7, 11) is -3.64. The Morgan fingerprint density at radius 2 is 2.26 bits per heavy atom. The Hall–Kier alpha value is -1.33. The van der Waals surface area contributed by atoms with Crippen LogP contribution in [-0.2, 0) is 10.0 Å². The van der Waals surface area contributed by atoms with Gasteiger partial charge in [0.1, 0.15) is 10.7 Å². The van der Waals surface area contributed by atoms with E-state index >= 15 is 0 Å². The van der Waals surface area contributed by atoms with Crippen molar-refractivity contribution >= 4 is 33.1 Å². The van der Waals surface area contributed by atoms with Crippen LogP contribution in [0.4, 0.5) is 5.69 Å². The van der Waals surface area contributed by atoms with Crippen LogP contribution in [0.2, 0.25) is 5.02 Å². The second-order valence-corrected chi connectivity index (χ2v) is 6.76. The van der Waals surface area contributed by atoms with Crippen molar-refractivity contribution in [3.05, 3.63) is 35.4 Å².